The summed E-state index contributed by atoms with van der Waals surface area (Å²) < 4.78 is 0. The van der Waals surface area contributed by atoms with Crippen molar-refractivity contribution in [2.75, 3.05) is 0 Å². The van der Waals surface area contributed by atoms with Crippen LogP contribution < -0.4 is 5.30 Å². The molecule has 0 aliphatic heterocycles. The lowest BCUT2D eigenvalue weighted by Gasteiger charge is -2.04. The summed E-state index contributed by atoms with van der Waals surface area (Å²) in [7, 11) is 2.54. The summed E-state index contributed by atoms with van der Waals surface area (Å²) in [6.45, 7) is 1.91. The van der Waals surface area contributed by atoms with Crippen LogP contribution in [0.4, 0.5) is 0 Å². The second kappa shape index (κ2) is 3.88. The second-order valence-electron chi connectivity index (χ2n) is 2.43. The Kier molecular flexibility index (Phi) is 3.07. The molecule has 1 N–H and O–H groups in total. The van der Waals surface area contributed by atoms with Gasteiger partial charge in [0.15, 0.2) is 5.17 Å². The molecule has 1 aromatic rings. The van der Waals surface area contributed by atoms with E-state index in [4.69, 9.17) is 16.8 Å². The third kappa shape index (κ3) is 1.77. The Morgan fingerprint density at radius 2 is 2.25 bits per heavy atom. The molecule has 0 spiro atoms. The maximum atomic E-state index is 8.48. The van der Waals surface area contributed by atoms with Gasteiger partial charge in [-0.25, -0.2) is 0 Å². The first kappa shape index (κ1) is 9.50. The molecule has 0 heterocycles. The minimum atomic E-state index is 0.123. The molecule has 0 aromatic heterocycles. The average Bonchev–Trinajstić information content (AvgIpc) is 2.03. The maximum Gasteiger partial charge on any atom is 0.176 e. The van der Waals surface area contributed by atoms with Crippen molar-refractivity contribution < 1.29 is 5.21 Å². The molecule has 0 aliphatic carbocycles. The predicted molar refractivity (Wildman–Crippen MR) is 54.7 cm³/mol. The smallest absolute Gasteiger partial charge is 0.176 e. The molecule has 0 bridgehead atoms. The van der Waals surface area contributed by atoms with Crippen molar-refractivity contribution in [3.63, 3.8) is 0 Å². The third-order valence-corrected chi connectivity index (χ3v) is 2.34. The summed E-state index contributed by atoms with van der Waals surface area (Å²) in [5.41, 5.74) is 1.76. The topological polar surface area (TPSA) is 32.6 Å². The highest BCUT2D eigenvalue weighted by Crippen LogP contribution is 2.11. The zero-order valence-corrected chi connectivity index (χ0v) is 8.49. The van der Waals surface area contributed by atoms with Gasteiger partial charge in [0.1, 0.15) is 0 Å². The van der Waals surface area contributed by atoms with Crippen LogP contribution in [0.1, 0.15) is 11.1 Å². The van der Waals surface area contributed by atoms with Gasteiger partial charge in [-0.05, 0) is 17.8 Å². The van der Waals surface area contributed by atoms with Crippen molar-refractivity contribution in [2.45, 2.75) is 6.92 Å². The number of hydrogen-bond donors (Lipinski definition) is 1. The Labute approximate surface area is 78.4 Å². The highest BCUT2D eigenvalue weighted by atomic mass is 35.5. The molecule has 12 heavy (non-hydrogen) atoms. The van der Waals surface area contributed by atoms with E-state index in [2.05, 4.69) is 14.4 Å². The van der Waals surface area contributed by atoms with Crippen LogP contribution in [-0.4, -0.2) is 10.4 Å². The van der Waals surface area contributed by atoms with Crippen LogP contribution in [0.3, 0.4) is 0 Å². The first-order valence-electron chi connectivity index (χ1n) is 3.40. The van der Waals surface area contributed by atoms with Gasteiger partial charge in [-0.15, -0.1) is 9.24 Å². The fourth-order valence-electron chi connectivity index (χ4n) is 1.02. The Hall–Kier alpha value is -0.590. The Bertz CT molecular complexity index is 305. The quantitative estimate of drug-likeness (QED) is 0.320. The van der Waals surface area contributed by atoms with Crippen molar-refractivity contribution in [1.82, 2.24) is 0 Å². The van der Waals surface area contributed by atoms with E-state index >= 15 is 0 Å². The molecular weight excluding hydrogens is 193 g/mol. The zero-order valence-electron chi connectivity index (χ0n) is 6.58. The minimum Gasteiger partial charge on any atom is -0.410 e. The van der Waals surface area contributed by atoms with Gasteiger partial charge in [0.05, 0.1) is 0 Å². The summed E-state index contributed by atoms with van der Waals surface area (Å²) in [6, 6.07) is 5.72. The van der Waals surface area contributed by atoms with Gasteiger partial charge in [-0.2, -0.15) is 0 Å². The molecular formula is C8H9ClNOP. The Balaban J connectivity index is 3.31. The monoisotopic (exact) mass is 201 g/mol. The van der Waals surface area contributed by atoms with E-state index in [1.807, 2.05) is 25.1 Å². The number of aryl methyl sites for hydroxylation is 1. The van der Waals surface area contributed by atoms with Gasteiger partial charge < -0.3 is 5.21 Å². The number of halogens is 1. The molecule has 0 saturated carbocycles. The first-order valence-corrected chi connectivity index (χ1v) is 4.35. The van der Waals surface area contributed by atoms with Crippen molar-refractivity contribution in [3.05, 3.63) is 29.3 Å². The highest BCUT2D eigenvalue weighted by molar-refractivity contribution is 7.28. The molecule has 0 radical (unpaired) electrons. The van der Waals surface area contributed by atoms with Crippen molar-refractivity contribution in [1.29, 1.82) is 0 Å². The van der Waals surface area contributed by atoms with Crippen LogP contribution in [-0.2, 0) is 0 Å². The molecule has 0 aliphatic rings. The molecule has 1 aromatic carbocycles. The summed E-state index contributed by atoms with van der Waals surface area (Å²) >= 11 is 5.69. The molecule has 0 saturated heterocycles. The lowest BCUT2D eigenvalue weighted by molar-refractivity contribution is 0.321. The van der Waals surface area contributed by atoms with Crippen molar-refractivity contribution >= 4 is 31.3 Å². The minimum absolute atomic E-state index is 0.123. The largest absolute Gasteiger partial charge is 0.410 e. The SMILES string of the molecule is Cc1cccc(P)c1/C(Cl)=N\O. The van der Waals surface area contributed by atoms with E-state index in [1.54, 1.807) is 0 Å². The molecule has 64 valence electrons. The van der Waals surface area contributed by atoms with Gasteiger partial charge in [0.25, 0.3) is 0 Å². The molecule has 1 atom stereocenters. The number of rotatable bonds is 1. The summed E-state index contributed by atoms with van der Waals surface area (Å²) in [4.78, 5) is 0. The summed E-state index contributed by atoms with van der Waals surface area (Å²) in [6.07, 6.45) is 0. The van der Waals surface area contributed by atoms with Gasteiger partial charge in [0, 0.05) is 5.56 Å². The third-order valence-electron chi connectivity index (χ3n) is 1.60. The highest BCUT2D eigenvalue weighted by Gasteiger charge is 2.06. The molecule has 1 unspecified atom stereocenters. The van der Waals surface area contributed by atoms with Crippen LogP contribution in [0.2, 0.25) is 0 Å². The van der Waals surface area contributed by atoms with Gasteiger partial charge >= 0.3 is 0 Å². The van der Waals surface area contributed by atoms with Crippen LogP contribution in [0.5, 0.6) is 0 Å². The van der Waals surface area contributed by atoms with E-state index < -0.39 is 0 Å². The first-order chi connectivity index (χ1) is 5.66. The lowest BCUT2D eigenvalue weighted by atomic mass is 10.1. The van der Waals surface area contributed by atoms with Crippen LogP contribution >= 0.6 is 20.8 Å². The van der Waals surface area contributed by atoms with E-state index in [0.29, 0.717) is 0 Å². The van der Waals surface area contributed by atoms with E-state index in [9.17, 15) is 0 Å². The van der Waals surface area contributed by atoms with Gasteiger partial charge in [0.2, 0.25) is 0 Å². The molecule has 0 fully saturated rings. The maximum absolute atomic E-state index is 8.48. The van der Waals surface area contributed by atoms with Crippen LogP contribution in [0, 0.1) is 6.92 Å². The van der Waals surface area contributed by atoms with Gasteiger partial charge in [-0.1, -0.05) is 35.0 Å². The van der Waals surface area contributed by atoms with Crippen LogP contribution in [0.25, 0.3) is 0 Å². The zero-order chi connectivity index (χ0) is 9.14. The van der Waals surface area contributed by atoms with E-state index in [1.165, 1.54) is 0 Å². The second-order valence-corrected chi connectivity index (χ2v) is 3.41. The number of nitrogens with zero attached hydrogens (tertiary/aromatic N) is 1. The Morgan fingerprint density at radius 1 is 1.58 bits per heavy atom. The molecule has 4 heteroatoms. The lowest BCUT2D eigenvalue weighted by Crippen LogP contribution is -2.08. The fourth-order valence-corrected chi connectivity index (χ4v) is 1.85. The van der Waals surface area contributed by atoms with E-state index in [0.717, 1.165) is 16.4 Å². The van der Waals surface area contributed by atoms with Gasteiger partial charge in [-0.3, -0.25) is 0 Å². The normalized spacial score (nSPS) is 11.8. The summed E-state index contributed by atoms with van der Waals surface area (Å²) in [5, 5.41) is 12.5. The number of benzene rings is 1. The van der Waals surface area contributed by atoms with E-state index in [-0.39, 0.29) is 5.17 Å². The number of hydrogen-bond acceptors (Lipinski definition) is 2. The molecule has 2 nitrogen and oxygen atoms in total. The molecule has 1 rings (SSSR count). The average molecular weight is 202 g/mol. The summed E-state index contributed by atoms with van der Waals surface area (Å²) in [5.74, 6) is 0. The standard InChI is InChI=1S/C8H9ClNOP/c1-5-3-2-4-6(12)7(5)8(9)10-11/h2-4,11H,12H2,1H3/b10-8+. The fraction of sp³-hybridized carbons (Fsp3) is 0.125. The Morgan fingerprint density at radius 3 is 2.75 bits per heavy atom. The predicted octanol–water partition coefficient (Wildman–Crippen LogP) is 1.87. The van der Waals surface area contributed by atoms with Crippen molar-refractivity contribution in [3.8, 4) is 0 Å². The van der Waals surface area contributed by atoms with Crippen molar-refractivity contribution in [2.24, 2.45) is 5.16 Å². The number of oxime groups is 1. The van der Waals surface area contributed by atoms with Crippen LogP contribution in [0.15, 0.2) is 23.4 Å². The molecule has 0 amide bonds.